The molecule has 0 unspecified atom stereocenters. The number of nitrogens with one attached hydrogen (secondary N) is 1. The molecule has 4 atom stereocenters. The van der Waals surface area contributed by atoms with E-state index in [-0.39, 0.29) is 18.3 Å². The van der Waals surface area contributed by atoms with Crippen molar-refractivity contribution in [2.24, 2.45) is 0 Å². The number of fused-ring (bicyclic) bond motifs is 1. The molecule has 24 heavy (non-hydrogen) atoms. The molecule has 0 bridgehead atoms. The van der Waals surface area contributed by atoms with Crippen molar-refractivity contribution in [1.29, 1.82) is 0 Å². The topological polar surface area (TPSA) is 103 Å². The smallest absolute Gasteiger partial charge is 0.408 e. The lowest BCUT2D eigenvalue weighted by Gasteiger charge is -2.30. The zero-order chi connectivity index (χ0) is 18.1. The quantitative estimate of drug-likeness (QED) is 0.463. The van der Waals surface area contributed by atoms with E-state index in [2.05, 4.69) is 5.32 Å². The molecule has 0 radical (unpaired) electrons. The number of carbonyl (C=O) groups is 3. The van der Waals surface area contributed by atoms with Gasteiger partial charge in [0.2, 0.25) is 0 Å². The van der Waals surface area contributed by atoms with Crippen molar-refractivity contribution >= 4 is 18.0 Å². The van der Waals surface area contributed by atoms with Crippen LogP contribution in [0.15, 0.2) is 11.6 Å². The van der Waals surface area contributed by atoms with Crippen LogP contribution >= 0.6 is 0 Å². The summed E-state index contributed by atoms with van der Waals surface area (Å²) >= 11 is 0. The molecule has 0 spiro atoms. The van der Waals surface area contributed by atoms with Crippen molar-refractivity contribution in [3.8, 4) is 0 Å². The summed E-state index contributed by atoms with van der Waals surface area (Å²) in [5.74, 6) is -1.12. The van der Waals surface area contributed by atoms with E-state index in [1.54, 1.807) is 33.8 Å². The largest absolute Gasteiger partial charge is 0.463 e. The fourth-order valence-electron chi connectivity index (χ4n) is 2.51. The van der Waals surface area contributed by atoms with E-state index >= 15 is 0 Å². The van der Waals surface area contributed by atoms with Gasteiger partial charge >= 0.3 is 18.0 Å². The highest BCUT2D eigenvalue weighted by atomic mass is 16.6. The molecule has 0 aromatic heterocycles. The van der Waals surface area contributed by atoms with Gasteiger partial charge in [-0.25, -0.2) is 9.59 Å². The second kappa shape index (κ2) is 6.80. The molecule has 0 aromatic carbocycles. The van der Waals surface area contributed by atoms with Crippen molar-refractivity contribution in [2.45, 2.75) is 64.6 Å². The normalized spacial score (nSPS) is 28.1. The lowest BCUT2D eigenvalue weighted by atomic mass is 9.91. The Balaban J connectivity index is 2.22. The van der Waals surface area contributed by atoms with Crippen LogP contribution in [0.2, 0.25) is 0 Å². The predicted octanol–water partition coefficient (Wildman–Crippen LogP) is 1.08. The molecule has 1 fully saturated rings. The first-order valence-corrected chi connectivity index (χ1v) is 7.83. The Morgan fingerprint density at radius 1 is 1.29 bits per heavy atom. The highest BCUT2D eigenvalue weighted by Gasteiger charge is 2.55. The Morgan fingerprint density at radius 2 is 1.96 bits per heavy atom. The molecule has 1 N–H and O–H groups in total. The summed E-state index contributed by atoms with van der Waals surface area (Å²) < 4.78 is 20.9. The van der Waals surface area contributed by atoms with Crippen LogP contribution in [-0.4, -0.2) is 54.6 Å². The number of alkyl carbamates (subject to hydrolysis) is 1. The molecule has 1 aliphatic heterocycles. The number of ether oxygens (including phenoxy) is 4. The molecule has 2 rings (SSSR count). The molecule has 8 nitrogen and oxygen atoms in total. The van der Waals surface area contributed by atoms with Crippen LogP contribution in [-0.2, 0) is 28.5 Å². The minimum absolute atomic E-state index is 0.183. The van der Waals surface area contributed by atoms with E-state index < -0.39 is 41.9 Å². The first-order chi connectivity index (χ1) is 11.1. The number of hydrogen-bond donors (Lipinski definition) is 1. The van der Waals surface area contributed by atoms with Crippen LogP contribution in [0.4, 0.5) is 4.79 Å². The number of amides is 1. The van der Waals surface area contributed by atoms with E-state index in [1.165, 1.54) is 6.92 Å². The summed E-state index contributed by atoms with van der Waals surface area (Å²) in [6, 6.07) is -0.897. The first kappa shape index (κ1) is 18.3. The van der Waals surface area contributed by atoms with Gasteiger partial charge in [-0.1, -0.05) is 0 Å². The zero-order valence-electron chi connectivity index (χ0n) is 14.5. The summed E-state index contributed by atoms with van der Waals surface area (Å²) in [5.41, 5.74) is -0.519. The van der Waals surface area contributed by atoms with Gasteiger partial charge in [0.25, 0.3) is 0 Å². The Morgan fingerprint density at radius 3 is 2.50 bits per heavy atom. The number of epoxide rings is 1. The van der Waals surface area contributed by atoms with Crippen molar-refractivity contribution in [3.05, 3.63) is 11.6 Å². The van der Waals surface area contributed by atoms with Gasteiger partial charge in [0.05, 0.1) is 12.2 Å². The highest BCUT2D eigenvalue weighted by Crippen LogP contribution is 2.38. The Hall–Kier alpha value is -2.09. The van der Waals surface area contributed by atoms with Gasteiger partial charge in [0.15, 0.2) is 6.10 Å². The summed E-state index contributed by atoms with van der Waals surface area (Å²) in [7, 11) is 0. The van der Waals surface area contributed by atoms with E-state index in [0.717, 1.165) is 0 Å². The van der Waals surface area contributed by atoms with Gasteiger partial charge in [-0.15, -0.1) is 0 Å². The molecule has 1 saturated heterocycles. The van der Waals surface area contributed by atoms with E-state index in [1.807, 2.05) is 0 Å². The van der Waals surface area contributed by atoms with Crippen molar-refractivity contribution in [1.82, 2.24) is 5.32 Å². The van der Waals surface area contributed by atoms with Gasteiger partial charge in [-0.05, 0) is 33.8 Å². The predicted molar refractivity (Wildman–Crippen MR) is 82.1 cm³/mol. The standard InChI is InChI=1S/C16H23NO7/c1-6-21-14(19)9-7-10-12(23-10)13(22-8(2)18)11(9)17-15(20)24-16(3,4)5/h7,10-13H,6H2,1-5H3,(H,17,20)/t10-,11+,12-,13+/m0/s1. The fourth-order valence-corrected chi connectivity index (χ4v) is 2.51. The van der Waals surface area contributed by atoms with E-state index in [9.17, 15) is 14.4 Å². The van der Waals surface area contributed by atoms with Crippen LogP contribution < -0.4 is 5.32 Å². The second-order valence-electron chi connectivity index (χ2n) is 6.61. The molecule has 8 heteroatoms. The summed E-state index contributed by atoms with van der Waals surface area (Å²) in [6.45, 7) is 8.28. The molecule has 1 aliphatic carbocycles. The maximum Gasteiger partial charge on any atom is 0.408 e. The van der Waals surface area contributed by atoms with Crippen LogP contribution in [0, 0.1) is 0 Å². The van der Waals surface area contributed by atoms with Crippen LogP contribution in [0.25, 0.3) is 0 Å². The highest BCUT2D eigenvalue weighted by molar-refractivity contribution is 5.91. The SMILES string of the molecule is CCOC(=O)C1=C[C@@H]2O[C@@H]2[C@H](OC(C)=O)[C@@H]1NC(=O)OC(C)(C)C. The average molecular weight is 341 g/mol. The molecule has 0 saturated carbocycles. The lowest BCUT2D eigenvalue weighted by Crippen LogP contribution is -2.53. The van der Waals surface area contributed by atoms with Gasteiger partial charge in [-0.2, -0.15) is 0 Å². The molecule has 1 heterocycles. The Labute approximate surface area is 140 Å². The number of esters is 2. The minimum Gasteiger partial charge on any atom is -0.463 e. The third-order valence-electron chi connectivity index (χ3n) is 3.38. The number of rotatable bonds is 4. The molecule has 0 aromatic rings. The summed E-state index contributed by atoms with van der Waals surface area (Å²) in [4.78, 5) is 35.7. The average Bonchev–Trinajstić information content (AvgIpc) is 3.17. The monoisotopic (exact) mass is 341 g/mol. The number of hydrogen-bond acceptors (Lipinski definition) is 7. The Bertz CT molecular complexity index is 563. The summed E-state index contributed by atoms with van der Waals surface area (Å²) in [6.07, 6.45) is -0.675. The minimum atomic E-state index is -0.897. The third kappa shape index (κ3) is 4.47. The maximum absolute atomic E-state index is 12.2. The van der Waals surface area contributed by atoms with Gasteiger partial charge in [-0.3, -0.25) is 4.79 Å². The lowest BCUT2D eigenvalue weighted by molar-refractivity contribution is -0.150. The van der Waals surface area contributed by atoms with Gasteiger partial charge in [0, 0.05) is 6.92 Å². The molecule has 2 aliphatic rings. The number of carbonyl (C=O) groups excluding carboxylic acids is 3. The van der Waals surface area contributed by atoms with Crippen molar-refractivity contribution < 1.29 is 33.3 Å². The summed E-state index contributed by atoms with van der Waals surface area (Å²) in [5, 5.41) is 2.59. The fraction of sp³-hybridized carbons (Fsp3) is 0.688. The molecule has 134 valence electrons. The van der Waals surface area contributed by atoms with E-state index in [0.29, 0.717) is 0 Å². The van der Waals surface area contributed by atoms with Gasteiger partial charge < -0.3 is 24.3 Å². The first-order valence-electron chi connectivity index (χ1n) is 7.83. The third-order valence-corrected chi connectivity index (χ3v) is 3.38. The van der Waals surface area contributed by atoms with Gasteiger partial charge in [0.1, 0.15) is 23.9 Å². The molecule has 1 amide bonds. The van der Waals surface area contributed by atoms with Crippen LogP contribution in [0.3, 0.4) is 0 Å². The van der Waals surface area contributed by atoms with Crippen LogP contribution in [0.1, 0.15) is 34.6 Å². The molecular formula is C16H23NO7. The Kier molecular flexibility index (Phi) is 5.17. The van der Waals surface area contributed by atoms with Crippen LogP contribution in [0.5, 0.6) is 0 Å². The zero-order valence-corrected chi connectivity index (χ0v) is 14.5. The maximum atomic E-state index is 12.2. The molecular weight excluding hydrogens is 318 g/mol. The van der Waals surface area contributed by atoms with E-state index in [4.69, 9.17) is 18.9 Å². The second-order valence-corrected chi connectivity index (χ2v) is 6.61. The van der Waals surface area contributed by atoms with Crippen molar-refractivity contribution in [2.75, 3.05) is 6.61 Å². The van der Waals surface area contributed by atoms with Crippen molar-refractivity contribution in [3.63, 3.8) is 0 Å².